The highest BCUT2D eigenvalue weighted by Gasteiger charge is 2.11. The Bertz CT molecular complexity index is 1530. The first-order valence-electron chi connectivity index (χ1n) is 10.6. The van der Waals surface area contributed by atoms with Crippen molar-refractivity contribution in [3.8, 4) is 22.4 Å². The fourth-order valence-corrected chi connectivity index (χ4v) is 3.91. The van der Waals surface area contributed by atoms with Crippen molar-refractivity contribution in [2.45, 2.75) is 20.4 Å². The van der Waals surface area contributed by atoms with Gasteiger partial charge in [0.2, 0.25) is 5.95 Å². The number of fused-ring (bicyclic) bond motifs is 1. The normalized spacial score (nSPS) is 11.1. The third-order valence-electron chi connectivity index (χ3n) is 5.65. The molecule has 0 amide bonds. The summed E-state index contributed by atoms with van der Waals surface area (Å²) in [5.74, 6) is 0.594. The van der Waals surface area contributed by atoms with Crippen molar-refractivity contribution >= 4 is 11.6 Å². The summed E-state index contributed by atoms with van der Waals surface area (Å²) in [4.78, 5) is 21.1. The third kappa shape index (κ3) is 3.98. The van der Waals surface area contributed by atoms with Gasteiger partial charge < -0.3 is 9.88 Å². The summed E-state index contributed by atoms with van der Waals surface area (Å²) in [6, 6.07) is 15.9. The molecule has 164 valence electrons. The highest BCUT2D eigenvalue weighted by molar-refractivity contribution is 5.68. The molecular weight excluding hydrogens is 414 g/mol. The number of aryl methyl sites for hydroxylation is 3. The summed E-state index contributed by atoms with van der Waals surface area (Å²) >= 11 is 0. The van der Waals surface area contributed by atoms with Crippen LogP contribution >= 0.6 is 0 Å². The molecule has 8 heteroatoms. The van der Waals surface area contributed by atoms with Gasteiger partial charge in [-0.05, 0) is 60.4 Å². The summed E-state index contributed by atoms with van der Waals surface area (Å²) in [5.41, 5.74) is 7.30. The molecule has 4 aromatic heterocycles. The van der Waals surface area contributed by atoms with Crippen molar-refractivity contribution in [1.29, 1.82) is 0 Å². The number of benzene rings is 1. The van der Waals surface area contributed by atoms with E-state index in [0.717, 1.165) is 16.8 Å². The number of pyridine rings is 2. The van der Waals surface area contributed by atoms with Crippen molar-refractivity contribution in [1.82, 2.24) is 29.1 Å². The molecule has 0 saturated carbocycles. The van der Waals surface area contributed by atoms with Crippen LogP contribution < -0.4 is 10.9 Å². The molecule has 0 aliphatic heterocycles. The predicted molar refractivity (Wildman–Crippen MR) is 128 cm³/mol. The van der Waals surface area contributed by atoms with Gasteiger partial charge in [-0.1, -0.05) is 18.2 Å². The van der Waals surface area contributed by atoms with Crippen molar-refractivity contribution < 1.29 is 0 Å². The number of anilines is 1. The van der Waals surface area contributed by atoms with E-state index in [1.54, 1.807) is 36.1 Å². The van der Waals surface area contributed by atoms with Gasteiger partial charge in [0.25, 0.3) is 5.56 Å². The fourth-order valence-electron chi connectivity index (χ4n) is 3.91. The topological polar surface area (TPSA) is 90.0 Å². The van der Waals surface area contributed by atoms with E-state index in [9.17, 15) is 4.79 Å². The minimum atomic E-state index is -0.104. The number of rotatable bonds is 5. The van der Waals surface area contributed by atoms with E-state index in [1.165, 1.54) is 15.7 Å². The molecule has 5 aromatic rings. The monoisotopic (exact) mass is 437 g/mol. The van der Waals surface area contributed by atoms with Crippen LogP contribution in [0.5, 0.6) is 0 Å². The number of nitrogens with one attached hydrogen (secondary N) is 1. The van der Waals surface area contributed by atoms with Gasteiger partial charge in [0.1, 0.15) is 6.33 Å². The smallest absolute Gasteiger partial charge is 0.259 e. The first kappa shape index (κ1) is 20.6. The molecule has 0 unspecified atom stereocenters. The molecule has 1 aromatic carbocycles. The third-order valence-corrected chi connectivity index (χ3v) is 5.65. The lowest BCUT2D eigenvalue weighted by molar-refractivity contribution is 0.861. The molecule has 4 heterocycles. The van der Waals surface area contributed by atoms with Crippen LogP contribution in [0.15, 0.2) is 72.0 Å². The molecule has 5 rings (SSSR count). The highest BCUT2D eigenvalue weighted by Crippen LogP contribution is 2.25. The number of aromatic nitrogens is 6. The van der Waals surface area contributed by atoms with Gasteiger partial charge >= 0.3 is 0 Å². The Hall–Kier alpha value is -4.33. The first-order chi connectivity index (χ1) is 16.0. The van der Waals surface area contributed by atoms with Crippen LogP contribution in [0, 0.1) is 13.8 Å². The predicted octanol–water partition coefficient (Wildman–Crippen LogP) is 3.78. The maximum atomic E-state index is 12.4. The van der Waals surface area contributed by atoms with E-state index < -0.39 is 0 Å². The van der Waals surface area contributed by atoms with Crippen LogP contribution in [0.1, 0.15) is 16.8 Å². The fraction of sp³-hybridized carbons (Fsp3) is 0.160. The molecule has 0 fully saturated rings. The first-order valence-corrected chi connectivity index (χ1v) is 10.6. The van der Waals surface area contributed by atoms with Gasteiger partial charge in [0, 0.05) is 37.7 Å². The van der Waals surface area contributed by atoms with Gasteiger partial charge in [-0.15, -0.1) is 10.2 Å². The lowest BCUT2D eigenvalue weighted by Crippen LogP contribution is -2.17. The molecule has 0 atom stereocenters. The molecular formula is C25H23N7O. The lowest BCUT2D eigenvalue weighted by Gasteiger charge is -2.10. The molecule has 0 radical (unpaired) electrons. The van der Waals surface area contributed by atoms with Gasteiger partial charge in [0.05, 0.1) is 11.3 Å². The Balaban J connectivity index is 1.36. The standard InChI is InChI=1S/C25H23N7O/c1-16-11-18(6-7-20(16)19-8-9-26-17(2)12-19)14-27-25-30-29-23-13-22(28-15-32(23)25)21-5-4-10-31(3)24(21)33/h4-13,15H,14H2,1-3H3,(H,27,30). The quantitative estimate of drug-likeness (QED) is 0.450. The van der Waals surface area contributed by atoms with E-state index in [-0.39, 0.29) is 5.56 Å². The van der Waals surface area contributed by atoms with E-state index in [4.69, 9.17) is 0 Å². The van der Waals surface area contributed by atoms with Crippen LogP contribution in [0.3, 0.4) is 0 Å². The number of hydrogen-bond donors (Lipinski definition) is 1. The Morgan fingerprint density at radius 3 is 2.67 bits per heavy atom. The summed E-state index contributed by atoms with van der Waals surface area (Å²) in [5, 5.41) is 11.8. The van der Waals surface area contributed by atoms with E-state index in [0.29, 0.717) is 29.4 Å². The van der Waals surface area contributed by atoms with Crippen LogP contribution in [-0.2, 0) is 13.6 Å². The molecule has 33 heavy (non-hydrogen) atoms. The Morgan fingerprint density at radius 2 is 1.85 bits per heavy atom. The largest absolute Gasteiger partial charge is 0.350 e. The number of hydrogen-bond acceptors (Lipinski definition) is 6. The zero-order valence-electron chi connectivity index (χ0n) is 18.6. The molecule has 0 aliphatic rings. The van der Waals surface area contributed by atoms with Crippen LogP contribution in [0.25, 0.3) is 28.0 Å². The molecule has 0 spiro atoms. The Kier molecular flexibility index (Phi) is 5.18. The minimum Gasteiger partial charge on any atom is -0.350 e. The average molecular weight is 438 g/mol. The second kappa shape index (κ2) is 8.31. The summed E-state index contributed by atoms with van der Waals surface area (Å²) < 4.78 is 3.30. The highest BCUT2D eigenvalue weighted by atomic mass is 16.1. The number of nitrogens with zero attached hydrogens (tertiary/aromatic N) is 6. The minimum absolute atomic E-state index is 0.104. The maximum Gasteiger partial charge on any atom is 0.259 e. The summed E-state index contributed by atoms with van der Waals surface area (Å²) in [6.45, 7) is 4.70. The van der Waals surface area contributed by atoms with Crippen LogP contribution in [0.4, 0.5) is 5.95 Å². The van der Waals surface area contributed by atoms with E-state index >= 15 is 0 Å². The van der Waals surface area contributed by atoms with E-state index in [1.807, 2.05) is 25.3 Å². The van der Waals surface area contributed by atoms with Gasteiger partial charge in [-0.25, -0.2) is 4.98 Å². The van der Waals surface area contributed by atoms with Crippen molar-refractivity contribution in [3.63, 3.8) is 0 Å². The molecule has 0 aliphatic carbocycles. The molecule has 1 N–H and O–H groups in total. The van der Waals surface area contributed by atoms with Gasteiger partial charge in [0.15, 0.2) is 5.65 Å². The Morgan fingerprint density at radius 1 is 0.970 bits per heavy atom. The van der Waals surface area contributed by atoms with Gasteiger partial charge in [-0.3, -0.25) is 14.2 Å². The zero-order chi connectivity index (χ0) is 22.9. The summed E-state index contributed by atoms with van der Waals surface area (Å²) in [6.07, 6.45) is 5.19. The summed E-state index contributed by atoms with van der Waals surface area (Å²) in [7, 11) is 1.72. The average Bonchev–Trinajstić information content (AvgIpc) is 3.22. The van der Waals surface area contributed by atoms with Crippen LogP contribution in [0.2, 0.25) is 0 Å². The van der Waals surface area contributed by atoms with Crippen molar-refractivity contribution in [3.05, 3.63) is 94.4 Å². The Labute approximate surface area is 190 Å². The SMILES string of the molecule is Cc1cc(-c2ccc(CNc3nnc4cc(-c5cccn(C)c5=O)ncn34)cc2C)ccn1. The van der Waals surface area contributed by atoms with Crippen LogP contribution in [-0.4, -0.2) is 29.1 Å². The zero-order valence-corrected chi connectivity index (χ0v) is 18.6. The van der Waals surface area contributed by atoms with Gasteiger partial charge in [-0.2, -0.15) is 0 Å². The maximum absolute atomic E-state index is 12.4. The molecule has 0 saturated heterocycles. The van der Waals surface area contributed by atoms with Crippen molar-refractivity contribution in [2.75, 3.05) is 5.32 Å². The second-order valence-corrected chi connectivity index (χ2v) is 8.05. The second-order valence-electron chi connectivity index (χ2n) is 8.05. The molecule has 8 nitrogen and oxygen atoms in total. The van der Waals surface area contributed by atoms with Crippen molar-refractivity contribution in [2.24, 2.45) is 7.05 Å². The lowest BCUT2D eigenvalue weighted by atomic mass is 9.98. The molecule has 0 bridgehead atoms. The van der Waals surface area contributed by atoms with E-state index in [2.05, 4.69) is 56.7 Å².